The Morgan fingerprint density at radius 2 is 1.27 bits per heavy atom. The van der Waals surface area contributed by atoms with Gasteiger partial charge in [-0.15, -0.1) is 0 Å². The summed E-state index contributed by atoms with van der Waals surface area (Å²) >= 11 is 0. The Kier molecular flexibility index (Phi) is 4.95. The predicted octanol–water partition coefficient (Wildman–Crippen LogP) is 2.72. The molecule has 0 radical (unpaired) electrons. The molecule has 1 aromatic rings. The second kappa shape index (κ2) is 6.64. The van der Waals surface area contributed by atoms with Crippen LogP contribution in [0.1, 0.15) is 41.2 Å². The van der Waals surface area contributed by atoms with E-state index in [0.717, 1.165) is 34.2 Å². The highest BCUT2D eigenvalue weighted by Crippen LogP contribution is 2.39. The average Bonchev–Trinajstić information content (AvgIpc) is 3.34. The van der Waals surface area contributed by atoms with Crippen LogP contribution in [-0.2, 0) is 14.8 Å². The summed E-state index contributed by atoms with van der Waals surface area (Å²) in [5, 5.41) is 0. The first-order chi connectivity index (χ1) is 12.1. The number of amides is 1. The van der Waals surface area contributed by atoms with Crippen LogP contribution in [0, 0.1) is 46.5 Å². The van der Waals surface area contributed by atoms with E-state index in [1.54, 1.807) is 4.31 Å². The van der Waals surface area contributed by atoms with Crippen LogP contribution in [0.15, 0.2) is 4.90 Å². The van der Waals surface area contributed by atoms with Crippen molar-refractivity contribution in [2.75, 3.05) is 26.2 Å². The van der Waals surface area contributed by atoms with E-state index in [2.05, 4.69) is 6.92 Å². The molecule has 144 valence electrons. The Morgan fingerprint density at radius 3 is 1.69 bits per heavy atom. The molecule has 2 fully saturated rings. The van der Waals surface area contributed by atoms with Crippen molar-refractivity contribution in [2.24, 2.45) is 11.8 Å². The third-order valence-electron chi connectivity index (χ3n) is 6.51. The fourth-order valence-corrected chi connectivity index (χ4v) is 6.01. The van der Waals surface area contributed by atoms with Gasteiger partial charge < -0.3 is 4.90 Å². The maximum absolute atomic E-state index is 13.3. The molecule has 1 aromatic carbocycles. The normalized spacial score (nSPS) is 24.0. The zero-order valence-corrected chi connectivity index (χ0v) is 17.5. The average molecular weight is 379 g/mol. The van der Waals surface area contributed by atoms with Gasteiger partial charge in [-0.2, -0.15) is 4.31 Å². The topological polar surface area (TPSA) is 57.7 Å². The van der Waals surface area contributed by atoms with E-state index in [4.69, 9.17) is 0 Å². The molecule has 5 nitrogen and oxygen atoms in total. The van der Waals surface area contributed by atoms with Gasteiger partial charge in [-0.25, -0.2) is 8.42 Å². The minimum atomic E-state index is -3.55. The second-order valence-corrected chi connectivity index (χ2v) is 9.88. The number of carbonyl (C=O) groups is 1. The van der Waals surface area contributed by atoms with Crippen molar-refractivity contribution in [3.63, 3.8) is 0 Å². The molecule has 2 atom stereocenters. The third-order valence-corrected chi connectivity index (χ3v) is 8.68. The summed E-state index contributed by atoms with van der Waals surface area (Å²) in [5.41, 5.74) is 4.94. The van der Waals surface area contributed by atoms with Gasteiger partial charge in [0.2, 0.25) is 15.9 Å². The van der Waals surface area contributed by atoms with Crippen LogP contribution < -0.4 is 0 Å². The van der Waals surface area contributed by atoms with E-state index < -0.39 is 10.0 Å². The van der Waals surface area contributed by atoms with Crippen LogP contribution in [0.4, 0.5) is 0 Å². The Morgan fingerprint density at radius 1 is 0.846 bits per heavy atom. The van der Waals surface area contributed by atoms with E-state index >= 15 is 0 Å². The van der Waals surface area contributed by atoms with Gasteiger partial charge in [0.1, 0.15) is 0 Å². The number of benzene rings is 1. The maximum atomic E-state index is 13.3. The second-order valence-electron chi connectivity index (χ2n) is 8.00. The molecule has 0 N–H and O–H groups in total. The fourth-order valence-electron chi connectivity index (χ4n) is 4.03. The summed E-state index contributed by atoms with van der Waals surface area (Å²) < 4.78 is 28.2. The zero-order chi connectivity index (χ0) is 19.4. The van der Waals surface area contributed by atoms with Gasteiger partial charge in [-0.1, -0.05) is 6.92 Å². The number of carbonyl (C=O) groups excluding carboxylic acids is 1. The summed E-state index contributed by atoms with van der Waals surface area (Å²) in [6.07, 6.45) is 0.970. The minimum absolute atomic E-state index is 0.157. The SMILES string of the molecule is Cc1c(C)c(C)c(S(=O)(=O)N2CCN(C(=O)[C@@H]3C[C@H]3C)CC2)c(C)c1C. The van der Waals surface area contributed by atoms with Crippen LogP contribution in [0.5, 0.6) is 0 Å². The molecular formula is C20H30N2O3S. The van der Waals surface area contributed by atoms with E-state index in [9.17, 15) is 13.2 Å². The number of sulfonamides is 1. The molecule has 26 heavy (non-hydrogen) atoms. The number of nitrogens with zero attached hydrogens (tertiary/aromatic N) is 2. The largest absolute Gasteiger partial charge is 0.340 e. The van der Waals surface area contributed by atoms with Crippen molar-refractivity contribution < 1.29 is 13.2 Å². The lowest BCUT2D eigenvalue weighted by molar-refractivity contribution is -0.134. The van der Waals surface area contributed by atoms with Gasteiger partial charge >= 0.3 is 0 Å². The molecule has 0 aromatic heterocycles. The highest BCUT2D eigenvalue weighted by molar-refractivity contribution is 7.89. The number of rotatable bonds is 3. The molecule has 0 spiro atoms. The Bertz CT molecular complexity index is 823. The lowest BCUT2D eigenvalue weighted by Gasteiger charge is -2.35. The molecule has 1 aliphatic carbocycles. The first kappa shape index (κ1) is 19.4. The molecule has 6 heteroatoms. The van der Waals surface area contributed by atoms with Crippen LogP contribution in [0.25, 0.3) is 0 Å². The molecule has 1 saturated heterocycles. The molecule has 0 bridgehead atoms. The van der Waals surface area contributed by atoms with Gasteiger partial charge in [0, 0.05) is 32.1 Å². The first-order valence-electron chi connectivity index (χ1n) is 9.43. The molecule has 0 unspecified atom stereocenters. The van der Waals surface area contributed by atoms with Gasteiger partial charge in [0.05, 0.1) is 4.90 Å². The molecule has 1 amide bonds. The summed E-state index contributed by atoms with van der Waals surface area (Å²) in [6.45, 7) is 13.6. The summed E-state index contributed by atoms with van der Waals surface area (Å²) in [4.78, 5) is 14.7. The first-order valence-corrected chi connectivity index (χ1v) is 10.9. The molecule has 1 aliphatic heterocycles. The number of hydrogen-bond acceptors (Lipinski definition) is 3. The number of piperazine rings is 1. The van der Waals surface area contributed by atoms with E-state index in [1.807, 2.05) is 39.5 Å². The summed E-state index contributed by atoms with van der Waals surface area (Å²) in [6, 6.07) is 0. The van der Waals surface area contributed by atoms with Crippen LogP contribution in [-0.4, -0.2) is 49.7 Å². The van der Waals surface area contributed by atoms with Gasteiger partial charge in [-0.05, 0) is 74.8 Å². The van der Waals surface area contributed by atoms with Gasteiger partial charge in [-0.3, -0.25) is 4.79 Å². The quantitative estimate of drug-likeness (QED) is 0.813. The van der Waals surface area contributed by atoms with E-state index in [1.165, 1.54) is 0 Å². The molecule has 1 heterocycles. The zero-order valence-electron chi connectivity index (χ0n) is 16.7. The predicted molar refractivity (Wildman–Crippen MR) is 103 cm³/mol. The lowest BCUT2D eigenvalue weighted by atomic mass is 9.95. The van der Waals surface area contributed by atoms with Crippen molar-refractivity contribution in [1.29, 1.82) is 0 Å². The van der Waals surface area contributed by atoms with Crippen molar-refractivity contribution in [3.05, 3.63) is 27.8 Å². The fraction of sp³-hybridized carbons (Fsp3) is 0.650. The Hall–Kier alpha value is -1.40. The van der Waals surface area contributed by atoms with E-state index in [-0.39, 0.29) is 11.8 Å². The molecular weight excluding hydrogens is 348 g/mol. The summed E-state index contributed by atoms with van der Waals surface area (Å²) in [5.74, 6) is 0.835. The van der Waals surface area contributed by atoms with Crippen molar-refractivity contribution in [2.45, 2.75) is 52.9 Å². The van der Waals surface area contributed by atoms with E-state index in [0.29, 0.717) is 37.0 Å². The molecule has 1 saturated carbocycles. The third kappa shape index (κ3) is 3.07. The maximum Gasteiger partial charge on any atom is 0.243 e. The standard InChI is InChI=1S/C20H30N2O3S/c1-12-11-18(12)20(23)21-7-9-22(10-8-21)26(24,25)19-16(5)14(3)13(2)15(4)17(19)6/h12,18H,7-11H2,1-6H3/t12-,18-/m1/s1. The van der Waals surface area contributed by atoms with Crippen molar-refractivity contribution >= 4 is 15.9 Å². The molecule has 3 rings (SSSR count). The van der Waals surface area contributed by atoms with Gasteiger partial charge in [0.25, 0.3) is 0 Å². The summed E-state index contributed by atoms with van der Waals surface area (Å²) in [7, 11) is -3.55. The van der Waals surface area contributed by atoms with Crippen LogP contribution >= 0.6 is 0 Å². The highest BCUT2D eigenvalue weighted by atomic mass is 32.2. The Labute approximate surface area is 157 Å². The highest BCUT2D eigenvalue weighted by Gasteiger charge is 2.43. The smallest absolute Gasteiger partial charge is 0.243 e. The Balaban J connectivity index is 1.84. The van der Waals surface area contributed by atoms with Crippen molar-refractivity contribution in [3.8, 4) is 0 Å². The molecule has 2 aliphatic rings. The minimum Gasteiger partial charge on any atom is -0.340 e. The lowest BCUT2D eigenvalue weighted by Crippen LogP contribution is -2.51. The van der Waals surface area contributed by atoms with Crippen LogP contribution in [0.2, 0.25) is 0 Å². The number of hydrogen-bond donors (Lipinski definition) is 0. The van der Waals surface area contributed by atoms with Crippen molar-refractivity contribution in [1.82, 2.24) is 9.21 Å². The monoisotopic (exact) mass is 378 g/mol. The van der Waals surface area contributed by atoms with Crippen LogP contribution in [0.3, 0.4) is 0 Å². The van der Waals surface area contributed by atoms with Gasteiger partial charge in [0.15, 0.2) is 0 Å².